The lowest BCUT2D eigenvalue weighted by Crippen LogP contribution is -2.32. The van der Waals surface area contributed by atoms with Gasteiger partial charge in [-0.2, -0.15) is 0 Å². The maximum atomic E-state index is 12.0. The van der Waals surface area contributed by atoms with E-state index in [0.29, 0.717) is 10.8 Å². The molecule has 0 aromatic heterocycles. The fraction of sp³-hybridized carbons (Fsp3) is 0.500. The monoisotopic (exact) mass is 239 g/mol. The van der Waals surface area contributed by atoms with Crippen LogP contribution in [0.3, 0.4) is 0 Å². The van der Waals surface area contributed by atoms with E-state index in [0.717, 1.165) is 11.3 Å². The van der Waals surface area contributed by atoms with E-state index in [1.54, 1.807) is 6.07 Å². The van der Waals surface area contributed by atoms with E-state index in [1.807, 2.05) is 19.1 Å². The Labute approximate surface area is 96.8 Å². The van der Waals surface area contributed by atoms with Gasteiger partial charge in [-0.25, -0.2) is 8.42 Å². The van der Waals surface area contributed by atoms with Gasteiger partial charge in [-0.1, -0.05) is 26.0 Å². The molecule has 0 amide bonds. The van der Waals surface area contributed by atoms with Gasteiger partial charge in [0.25, 0.3) is 0 Å². The van der Waals surface area contributed by atoms with Crippen LogP contribution in [-0.4, -0.2) is 20.2 Å². The molecule has 1 aromatic rings. The third kappa shape index (κ3) is 1.82. The second kappa shape index (κ2) is 3.77. The van der Waals surface area contributed by atoms with Crippen molar-refractivity contribution in [3.05, 3.63) is 23.8 Å². The molecule has 1 unspecified atom stereocenters. The van der Waals surface area contributed by atoms with Gasteiger partial charge in [-0.15, -0.1) is 0 Å². The summed E-state index contributed by atoms with van der Waals surface area (Å²) in [4.78, 5) is 0.455. The van der Waals surface area contributed by atoms with Crippen LogP contribution in [0.25, 0.3) is 0 Å². The van der Waals surface area contributed by atoms with Crippen molar-refractivity contribution in [1.29, 1.82) is 0 Å². The normalized spacial score (nSPS) is 22.6. The average molecular weight is 239 g/mol. The topological polar surface area (TPSA) is 46.2 Å². The van der Waals surface area contributed by atoms with Crippen LogP contribution in [0, 0.1) is 0 Å². The van der Waals surface area contributed by atoms with E-state index >= 15 is 0 Å². The number of nitrogens with one attached hydrogen (secondary N) is 1. The molecule has 1 N–H and O–H groups in total. The van der Waals surface area contributed by atoms with Crippen LogP contribution in [0.15, 0.2) is 23.1 Å². The number of sulfone groups is 1. The van der Waals surface area contributed by atoms with Gasteiger partial charge in [-0.3, -0.25) is 0 Å². The Morgan fingerprint density at radius 1 is 1.38 bits per heavy atom. The summed E-state index contributed by atoms with van der Waals surface area (Å²) in [5.41, 5.74) is 1.88. The van der Waals surface area contributed by atoms with Crippen molar-refractivity contribution in [2.45, 2.75) is 37.6 Å². The predicted molar refractivity (Wildman–Crippen MR) is 65.7 cm³/mol. The van der Waals surface area contributed by atoms with Gasteiger partial charge in [0.2, 0.25) is 0 Å². The Morgan fingerprint density at radius 3 is 2.69 bits per heavy atom. The number of para-hydroxylation sites is 1. The number of hydrogen-bond acceptors (Lipinski definition) is 3. The van der Waals surface area contributed by atoms with Crippen LogP contribution in [0.4, 0.5) is 5.69 Å². The molecule has 1 atom stereocenters. The largest absolute Gasteiger partial charge is 0.380 e. The predicted octanol–water partition coefficient (Wildman–Crippen LogP) is 2.40. The molecule has 0 bridgehead atoms. The molecular formula is C12H17NO2S. The Hall–Kier alpha value is -1.03. The maximum Gasteiger partial charge on any atom is 0.182 e. The Kier molecular flexibility index (Phi) is 2.70. The van der Waals surface area contributed by atoms with Crippen LogP contribution < -0.4 is 5.32 Å². The third-order valence-corrected chi connectivity index (χ3v) is 4.82. The van der Waals surface area contributed by atoms with Gasteiger partial charge in [0.1, 0.15) is 0 Å². The molecule has 1 aliphatic rings. The first-order valence-electron chi connectivity index (χ1n) is 5.54. The van der Waals surface area contributed by atoms with Gasteiger partial charge < -0.3 is 5.32 Å². The van der Waals surface area contributed by atoms with Gasteiger partial charge in [0.05, 0.1) is 16.3 Å². The molecule has 0 fully saturated rings. The summed E-state index contributed by atoms with van der Waals surface area (Å²) in [5, 5.41) is 3.29. The Balaban J connectivity index is 2.67. The van der Waals surface area contributed by atoms with Gasteiger partial charge in [-0.05, 0) is 24.5 Å². The lowest BCUT2D eigenvalue weighted by Gasteiger charge is -2.27. The molecule has 16 heavy (non-hydrogen) atoms. The highest BCUT2D eigenvalue weighted by molar-refractivity contribution is 7.91. The van der Waals surface area contributed by atoms with E-state index < -0.39 is 9.84 Å². The second-order valence-electron chi connectivity index (χ2n) is 4.70. The van der Waals surface area contributed by atoms with Crippen LogP contribution >= 0.6 is 0 Å². The molecule has 0 saturated heterocycles. The van der Waals surface area contributed by atoms with Crippen molar-refractivity contribution in [1.82, 2.24) is 0 Å². The third-order valence-electron chi connectivity index (χ3n) is 2.88. The van der Waals surface area contributed by atoms with Gasteiger partial charge in [0.15, 0.2) is 9.84 Å². The lowest BCUT2D eigenvalue weighted by atomic mass is 10.0. The van der Waals surface area contributed by atoms with Crippen LogP contribution in [0.1, 0.15) is 32.3 Å². The molecule has 0 aliphatic carbocycles. The fourth-order valence-corrected chi connectivity index (χ4v) is 3.84. The summed E-state index contributed by atoms with van der Waals surface area (Å²) in [7, 11) is -3.11. The molecule has 0 radical (unpaired) electrons. The van der Waals surface area contributed by atoms with Crippen LogP contribution in [-0.2, 0) is 9.84 Å². The van der Waals surface area contributed by atoms with Crippen molar-refractivity contribution in [2.75, 3.05) is 11.1 Å². The van der Waals surface area contributed by atoms with Crippen molar-refractivity contribution in [2.24, 2.45) is 0 Å². The van der Waals surface area contributed by atoms with Gasteiger partial charge >= 0.3 is 0 Å². The molecular weight excluding hydrogens is 222 g/mol. The van der Waals surface area contributed by atoms with Crippen LogP contribution in [0.5, 0.6) is 0 Å². The minimum absolute atomic E-state index is 0.0163. The number of hydrogen-bond donors (Lipinski definition) is 1. The molecule has 1 heterocycles. The summed E-state index contributed by atoms with van der Waals surface area (Å²) in [6.07, 6.45) is 0. The quantitative estimate of drug-likeness (QED) is 0.818. The highest BCUT2D eigenvalue weighted by atomic mass is 32.2. The number of benzene rings is 1. The standard InChI is InChI=1S/C12H17NO2S/c1-8(2)10-5-4-6-11-12(10)13-9(3)7-16(11,14)15/h4-6,8-9,13H,7H2,1-3H3. The molecule has 2 rings (SSSR count). The molecule has 1 aromatic carbocycles. The first-order valence-corrected chi connectivity index (χ1v) is 7.19. The van der Waals surface area contributed by atoms with Gasteiger partial charge in [0, 0.05) is 6.04 Å². The molecule has 1 aliphatic heterocycles. The SMILES string of the molecule is CC1CS(=O)(=O)c2cccc(C(C)C)c2N1. The van der Waals surface area contributed by atoms with Crippen molar-refractivity contribution in [3.8, 4) is 0 Å². The van der Waals surface area contributed by atoms with Crippen LogP contribution in [0.2, 0.25) is 0 Å². The van der Waals surface area contributed by atoms with Crippen molar-refractivity contribution in [3.63, 3.8) is 0 Å². The summed E-state index contributed by atoms with van der Waals surface area (Å²) in [5.74, 6) is 0.504. The first-order chi connectivity index (χ1) is 7.42. The molecule has 3 nitrogen and oxygen atoms in total. The lowest BCUT2D eigenvalue weighted by molar-refractivity contribution is 0.588. The summed E-state index contributed by atoms with van der Waals surface area (Å²) in [6.45, 7) is 6.05. The van der Waals surface area contributed by atoms with E-state index in [4.69, 9.17) is 0 Å². The van der Waals surface area contributed by atoms with E-state index in [-0.39, 0.29) is 11.8 Å². The zero-order chi connectivity index (χ0) is 11.9. The van der Waals surface area contributed by atoms with E-state index in [9.17, 15) is 8.42 Å². The number of rotatable bonds is 1. The van der Waals surface area contributed by atoms with E-state index in [2.05, 4.69) is 19.2 Å². The minimum Gasteiger partial charge on any atom is -0.380 e. The zero-order valence-corrected chi connectivity index (χ0v) is 10.6. The second-order valence-corrected chi connectivity index (χ2v) is 6.70. The first kappa shape index (κ1) is 11.5. The molecule has 4 heteroatoms. The molecule has 0 spiro atoms. The fourth-order valence-electron chi connectivity index (χ4n) is 2.15. The number of anilines is 1. The highest BCUT2D eigenvalue weighted by Crippen LogP contribution is 2.34. The molecule has 0 saturated carbocycles. The Morgan fingerprint density at radius 2 is 2.06 bits per heavy atom. The Bertz CT molecular complexity index is 506. The zero-order valence-electron chi connectivity index (χ0n) is 9.82. The average Bonchev–Trinajstić information content (AvgIpc) is 2.15. The smallest absolute Gasteiger partial charge is 0.182 e. The number of fused-ring (bicyclic) bond motifs is 1. The van der Waals surface area contributed by atoms with E-state index in [1.165, 1.54) is 0 Å². The van der Waals surface area contributed by atoms with Crippen molar-refractivity contribution >= 4 is 15.5 Å². The maximum absolute atomic E-state index is 12.0. The summed E-state index contributed by atoms with van der Waals surface area (Å²) >= 11 is 0. The summed E-state index contributed by atoms with van der Waals surface area (Å²) < 4.78 is 24.0. The molecule has 88 valence electrons. The van der Waals surface area contributed by atoms with Crippen molar-refractivity contribution < 1.29 is 8.42 Å². The summed E-state index contributed by atoms with van der Waals surface area (Å²) in [6, 6.07) is 5.49. The minimum atomic E-state index is -3.11. The highest BCUT2D eigenvalue weighted by Gasteiger charge is 2.29.